The largest absolute Gasteiger partial charge is 0.475 e. The third-order valence-corrected chi connectivity index (χ3v) is 16.0. The molecule has 4 nitrogen and oxygen atoms in total. The highest BCUT2D eigenvalue weighted by molar-refractivity contribution is 7.48. The van der Waals surface area contributed by atoms with Gasteiger partial charge in [-0.15, -0.1) is 0 Å². The summed E-state index contributed by atoms with van der Waals surface area (Å²) in [5.41, 5.74) is 0. The van der Waals surface area contributed by atoms with Gasteiger partial charge in [-0.2, -0.15) is 0 Å². The summed E-state index contributed by atoms with van der Waals surface area (Å²) in [7, 11) is -3.82. The van der Waals surface area contributed by atoms with Crippen molar-refractivity contribution in [3.63, 3.8) is 0 Å². The van der Waals surface area contributed by atoms with Gasteiger partial charge in [-0.3, -0.25) is 13.6 Å². The normalized spacial score (nSPS) is 14.2. The van der Waals surface area contributed by atoms with Crippen molar-refractivity contribution in [3.8, 4) is 0 Å². The second-order valence-electron chi connectivity index (χ2n) is 21.2. The molecule has 0 bridgehead atoms. The first-order valence-electron chi connectivity index (χ1n) is 30.6. The lowest BCUT2D eigenvalue weighted by Gasteiger charge is -2.31. The Hall–Kier alpha value is 0.110. The molecule has 5 heteroatoms. The molecule has 0 aromatic heterocycles. The Balaban J connectivity index is 6.27. The minimum atomic E-state index is -3.82. The molecule has 3 unspecified atom stereocenters. The zero-order valence-electron chi connectivity index (χ0n) is 45.9. The van der Waals surface area contributed by atoms with Crippen LogP contribution in [0.1, 0.15) is 369 Å². The summed E-state index contributed by atoms with van der Waals surface area (Å²) in [6, 6.07) is 0. The molecule has 65 heavy (non-hydrogen) atoms. The van der Waals surface area contributed by atoms with E-state index in [-0.39, 0.29) is 18.3 Å². The summed E-state index contributed by atoms with van der Waals surface area (Å²) in [6.07, 6.45) is 64.1. The van der Waals surface area contributed by atoms with Crippen molar-refractivity contribution < 1.29 is 18.1 Å². The zero-order chi connectivity index (χ0) is 47.4. The lowest BCUT2D eigenvalue weighted by molar-refractivity contribution is 0.0156. The smallest absolute Gasteiger partial charge is 0.284 e. The molecule has 0 rings (SSSR count). The van der Waals surface area contributed by atoms with Gasteiger partial charge in [0.2, 0.25) is 0 Å². The summed E-state index contributed by atoms with van der Waals surface area (Å²) in [4.78, 5) is 0. The van der Waals surface area contributed by atoms with Crippen molar-refractivity contribution in [3.05, 3.63) is 0 Å². The van der Waals surface area contributed by atoms with Crippen LogP contribution in [0.15, 0.2) is 0 Å². The number of hydrogen-bond donors (Lipinski definition) is 0. The number of unbranched alkanes of at least 4 members (excludes halogenated alkanes) is 39. The van der Waals surface area contributed by atoms with Crippen LogP contribution in [0.4, 0.5) is 0 Å². The molecule has 0 spiro atoms. The minimum Gasteiger partial charge on any atom is -0.284 e. The molecule has 0 radical (unpaired) electrons. The summed E-state index contributed by atoms with van der Waals surface area (Å²) in [5, 5.41) is 0. The molecule has 0 aliphatic carbocycles. The predicted molar refractivity (Wildman–Crippen MR) is 292 cm³/mol. The first-order chi connectivity index (χ1) is 32.0. The van der Waals surface area contributed by atoms with Gasteiger partial charge in [-0.1, -0.05) is 330 Å². The van der Waals surface area contributed by atoms with E-state index in [0.29, 0.717) is 0 Å². The Morgan fingerprint density at radius 3 is 0.477 bits per heavy atom. The van der Waals surface area contributed by atoms with Crippen LogP contribution < -0.4 is 0 Å². The molecule has 0 aliphatic heterocycles. The quantitative estimate of drug-likeness (QED) is 0.0450. The van der Waals surface area contributed by atoms with Gasteiger partial charge in [-0.05, 0) is 38.5 Å². The molecule has 0 N–H and O–H groups in total. The van der Waals surface area contributed by atoms with E-state index in [4.69, 9.17) is 13.6 Å². The van der Waals surface area contributed by atoms with E-state index < -0.39 is 7.82 Å². The maximum absolute atomic E-state index is 15.7. The Morgan fingerprint density at radius 2 is 0.338 bits per heavy atom. The molecular formula is C60H123O4P. The van der Waals surface area contributed by atoms with Crippen LogP contribution in [-0.2, 0) is 18.1 Å². The van der Waals surface area contributed by atoms with E-state index in [2.05, 4.69) is 41.5 Å². The van der Waals surface area contributed by atoms with E-state index >= 15 is 4.57 Å². The molecule has 3 atom stereocenters. The molecule has 0 aliphatic rings. The maximum Gasteiger partial charge on any atom is 0.475 e. The Bertz CT molecular complexity index is 813. The third-order valence-electron chi connectivity index (χ3n) is 14.4. The summed E-state index contributed by atoms with van der Waals surface area (Å²) in [5.74, 6) is 0. The zero-order valence-corrected chi connectivity index (χ0v) is 46.8. The fourth-order valence-electron chi connectivity index (χ4n) is 9.88. The molecule has 392 valence electrons. The minimum absolute atomic E-state index is 0.0543. The number of phosphoric ester groups is 1. The standard InChI is InChI=1S/C60H123O4P/c1-7-13-19-25-31-34-37-43-49-55-58(52-46-40-28-22-16-10-4)62-65(61,63-59(53-47-41-29-23-17-11-5)56-50-44-38-35-32-26-20-14-8-2)64-60(54-48-42-30-24-18-12-6)57-51-45-39-36-33-27-21-15-9-3/h58-60H,7-57H2,1-6H3. The van der Waals surface area contributed by atoms with Gasteiger partial charge in [-0.25, -0.2) is 4.57 Å². The van der Waals surface area contributed by atoms with Crippen LogP contribution in [0.5, 0.6) is 0 Å². The first kappa shape index (κ1) is 65.1. The number of hydrogen-bond acceptors (Lipinski definition) is 4. The van der Waals surface area contributed by atoms with Crippen LogP contribution >= 0.6 is 7.82 Å². The Kier molecular flexibility index (Phi) is 53.6. The summed E-state index contributed by atoms with van der Waals surface area (Å²) in [6.45, 7) is 13.8. The first-order valence-corrected chi connectivity index (χ1v) is 32.1. The van der Waals surface area contributed by atoms with Crippen LogP contribution in [0.2, 0.25) is 0 Å². The lowest BCUT2D eigenvalue weighted by atomic mass is 10.0. The number of rotatable bonds is 57. The fourth-order valence-corrected chi connectivity index (χ4v) is 11.8. The van der Waals surface area contributed by atoms with E-state index in [1.54, 1.807) is 0 Å². The van der Waals surface area contributed by atoms with Crippen LogP contribution in [0, 0.1) is 0 Å². The molecular weight excluding hydrogens is 816 g/mol. The Morgan fingerprint density at radius 1 is 0.215 bits per heavy atom. The Labute approximate surface area is 411 Å². The van der Waals surface area contributed by atoms with Crippen LogP contribution in [0.3, 0.4) is 0 Å². The topological polar surface area (TPSA) is 44.8 Å². The molecule has 0 fully saturated rings. The fraction of sp³-hybridized carbons (Fsp3) is 1.00. The van der Waals surface area contributed by atoms with Crippen molar-refractivity contribution in [2.75, 3.05) is 0 Å². The monoisotopic (exact) mass is 939 g/mol. The summed E-state index contributed by atoms with van der Waals surface area (Å²) < 4.78 is 36.7. The van der Waals surface area contributed by atoms with E-state index in [1.807, 2.05) is 0 Å². The highest BCUT2D eigenvalue weighted by Crippen LogP contribution is 2.55. The van der Waals surface area contributed by atoms with Crippen molar-refractivity contribution in [1.29, 1.82) is 0 Å². The highest BCUT2D eigenvalue weighted by Gasteiger charge is 2.36. The molecule has 0 amide bonds. The molecule has 0 heterocycles. The molecule has 0 saturated carbocycles. The average Bonchev–Trinajstić information content (AvgIpc) is 3.30. The highest BCUT2D eigenvalue weighted by atomic mass is 31.2. The van der Waals surface area contributed by atoms with Crippen LogP contribution in [0.25, 0.3) is 0 Å². The van der Waals surface area contributed by atoms with Crippen molar-refractivity contribution >= 4 is 7.82 Å². The van der Waals surface area contributed by atoms with Gasteiger partial charge in [0, 0.05) is 0 Å². The van der Waals surface area contributed by atoms with Gasteiger partial charge < -0.3 is 0 Å². The van der Waals surface area contributed by atoms with Crippen molar-refractivity contribution in [2.24, 2.45) is 0 Å². The SMILES string of the molecule is CCCCCCCCCCCC(CCCCCCCC)OP(=O)(OC(CCCCCCCC)CCCCCCCCCCC)OC(CCCCCCCC)CCCCCCCCCCC. The molecule has 0 aromatic rings. The third kappa shape index (κ3) is 47.6. The van der Waals surface area contributed by atoms with Gasteiger partial charge >= 0.3 is 7.82 Å². The second kappa shape index (κ2) is 53.5. The molecule has 0 aromatic carbocycles. The predicted octanol–water partition coefficient (Wildman–Crippen LogP) is 23.3. The van der Waals surface area contributed by atoms with E-state index in [9.17, 15) is 0 Å². The number of phosphoric acid groups is 1. The lowest BCUT2D eigenvalue weighted by Crippen LogP contribution is -2.22. The van der Waals surface area contributed by atoms with Gasteiger partial charge in [0.25, 0.3) is 0 Å². The maximum atomic E-state index is 15.7. The average molecular weight is 940 g/mol. The van der Waals surface area contributed by atoms with Gasteiger partial charge in [0.05, 0.1) is 18.3 Å². The van der Waals surface area contributed by atoms with E-state index in [0.717, 1.165) is 77.0 Å². The van der Waals surface area contributed by atoms with Gasteiger partial charge in [0.1, 0.15) is 0 Å². The van der Waals surface area contributed by atoms with Crippen molar-refractivity contribution in [1.82, 2.24) is 0 Å². The van der Waals surface area contributed by atoms with Gasteiger partial charge in [0.15, 0.2) is 0 Å². The van der Waals surface area contributed by atoms with E-state index in [1.165, 1.54) is 250 Å². The summed E-state index contributed by atoms with van der Waals surface area (Å²) >= 11 is 0. The van der Waals surface area contributed by atoms with Crippen LogP contribution in [-0.4, -0.2) is 18.3 Å². The second-order valence-corrected chi connectivity index (χ2v) is 22.7. The van der Waals surface area contributed by atoms with Crippen molar-refractivity contribution in [2.45, 2.75) is 387 Å². The molecule has 0 saturated heterocycles.